The van der Waals surface area contributed by atoms with Crippen LogP contribution in [0.1, 0.15) is 30.0 Å². The van der Waals surface area contributed by atoms with Crippen LogP contribution in [0.5, 0.6) is 5.75 Å². The fourth-order valence-electron chi connectivity index (χ4n) is 3.34. The van der Waals surface area contributed by atoms with Crippen LogP contribution in [0.25, 0.3) is 0 Å². The Labute approximate surface area is 159 Å². The van der Waals surface area contributed by atoms with E-state index in [4.69, 9.17) is 4.74 Å². The molecule has 0 bridgehead atoms. The Bertz CT molecular complexity index is 773. The first-order chi connectivity index (χ1) is 13.1. The Balaban J connectivity index is 1.88. The molecular formula is C21H26N3O3+. The van der Waals surface area contributed by atoms with E-state index in [2.05, 4.69) is 10.6 Å². The van der Waals surface area contributed by atoms with E-state index in [9.17, 15) is 9.59 Å². The van der Waals surface area contributed by atoms with Gasteiger partial charge >= 0.3 is 6.03 Å². The van der Waals surface area contributed by atoms with Crippen molar-refractivity contribution in [3.8, 4) is 5.75 Å². The lowest BCUT2D eigenvalue weighted by atomic mass is 10.0. The summed E-state index contributed by atoms with van der Waals surface area (Å²) in [5.41, 5.74) is 2.04. The fraction of sp³-hybridized carbons (Fsp3) is 0.333. The molecule has 0 spiro atoms. The lowest BCUT2D eigenvalue weighted by Gasteiger charge is -2.28. The molecule has 3 N–H and O–H groups in total. The largest absolute Gasteiger partial charge is 0.497 e. The normalized spacial score (nSPS) is 15.5. The summed E-state index contributed by atoms with van der Waals surface area (Å²) in [4.78, 5) is 25.9. The standard InChI is InChI=1S/C21H25N3O3/c1-22-21(26)23-20(25)19(16-6-4-3-5-7-16)24(17-10-11-17)14-15-8-12-18(27-2)13-9-15/h3-9,12-13,17,19H,10-11,14H2,1-2H3,(H2,22,23,25,26)/p+1/t19-/m1/s1. The number of urea groups is 1. The first-order valence-electron chi connectivity index (χ1n) is 9.18. The van der Waals surface area contributed by atoms with E-state index in [1.807, 2.05) is 54.6 Å². The van der Waals surface area contributed by atoms with Crippen molar-refractivity contribution in [2.24, 2.45) is 0 Å². The monoisotopic (exact) mass is 368 g/mol. The van der Waals surface area contributed by atoms with Gasteiger partial charge in [-0.25, -0.2) is 4.79 Å². The lowest BCUT2D eigenvalue weighted by molar-refractivity contribution is -0.946. The van der Waals surface area contributed by atoms with Gasteiger partial charge in [-0.1, -0.05) is 30.3 Å². The number of hydrogen-bond acceptors (Lipinski definition) is 3. The molecule has 6 heteroatoms. The van der Waals surface area contributed by atoms with Crippen LogP contribution in [-0.2, 0) is 11.3 Å². The molecule has 6 nitrogen and oxygen atoms in total. The number of rotatable bonds is 7. The zero-order valence-corrected chi connectivity index (χ0v) is 15.7. The van der Waals surface area contributed by atoms with Crippen molar-refractivity contribution in [3.63, 3.8) is 0 Å². The highest BCUT2D eigenvalue weighted by molar-refractivity contribution is 5.96. The van der Waals surface area contributed by atoms with Crippen LogP contribution in [0.15, 0.2) is 54.6 Å². The highest BCUT2D eigenvalue weighted by atomic mass is 16.5. The maximum atomic E-state index is 13.0. The predicted octanol–water partition coefficient (Wildman–Crippen LogP) is 1.44. The number of hydrogen-bond donors (Lipinski definition) is 3. The van der Waals surface area contributed by atoms with Crippen LogP contribution < -0.4 is 20.3 Å². The van der Waals surface area contributed by atoms with Gasteiger partial charge in [0.15, 0.2) is 6.04 Å². The van der Waals surface area contributed by atoms with Crippen molar-refractivity contribution in [3.05, 3.63) is 65.7 Å². The third-order valence-corrected chi connectivity index (χ3v) is 4.90. The van der Waals surface area contributed by atoms with E-state index < -0.39 is 12.1 Å². The van der Waals surface area contributed by atoms with Crippen molar-refractivity contribution in [1.29, 1.82) is 0 Å². The first kappa shape index (κ1) is 18.9. The summed E-state index contributed by atoms with van der Waals surface area (Å²) in [7, 11) is 3.15. The van der Waals surface area contributed by atoms with Crippen LogP contribution in [0, 0.1) is 0 Å². The Morgan fingerprint density at radius 1 is 1.11 bits per heavy atom. The van der Waals surface area contributed by atoms with Gasteiger partial charge in [0.2, 0.25) is 0 Å². The minimum Gasteiger partial charge on any atom is -0.497 e. The molecule has 1 aliphatic rings. The van der Waals surface area contributed by atoms with E-state index in [0.29, 0.717) is 12.6 Å². The molecule has 0 aliphatic heterocycles. The van der Waals surface area contributed by atoms with Crippen molar-refractivity contribution in [2.45, 2.75) is 31.5 Å². The summed E-state index contributed by atoms with van der Waals surface area (Å²) in [5.74, 6) is 0.527. The molecule has 2 aromatic carbocycles. The van der Waals surface area contributed by atoms with Crippen LogP contribution in [0.2, 0.25) is 0 Å². The third-order valence-electron chi connectivity index (χ3n) is 4.90. The van der Waals surface area contributed by atoms with Crippen LogP contribution >= 0.6 is 0 Å². The Morgan fingerprint density at radius 2 is 1.78 bits per heavy atom. The molecule has 0 aromatic heterocycles. The van der Waals surface area contributed by atoms with Gasteiger partial charge in [0.05, 0.1) is 13.2 Å². The van der Waals surface area contributed by atoms with Gasteiger partial charge in [0.25, 0.3) is 5.91 Å². The van der Waals surface area contributed by atoms with Gasteiger partial charge in [-0.05, 0) is 24.3 Å². The summed E-state index contributed by atoms with van der Waals surface area (Å²) in [5, 5.41) is 4.92. The van der Waals surface area contributed by atoms with Gasteiger partial charge in [0, 0.05) is 31.0 Å². The first-order valence-corrected chi connectivity index (χ1v) is 9.18. The van der Waals surface area contributed by atoms with Gasteiger partial charge in [0.1, 0.15) is 12.3 Å². The summed E-state index contributed by atoms with van der Waals surface area (Å²) in [6.45, 7) is 0.704. The molecule has 1 unspecified atom stereocenters. The lowest BCUT2D eigenvalue weighted by Crippen LogP contribution is -3.13. The Hall–Kier alpha value is -2.86. The molecule has 2 aromatic rings. The Kier molecular flexibility index (Phi) is 6.08. The van der Waals surface area contributed by atoms with E-state index in [1.54, 1.807) is 7.11 Å². The van der Waals surface area contributed by atoms with Crippen LogP contribution in [0.4, 0.5) is 4.79 Å². The molecule has 2 atom stereocenters. The second-order valence-corrected chi connectivity index (χ2v) is 6.79. The molecule has 3 amide bonds. The predicted molar refractivity (Wildman–Crippen MR) is 102 cm³/mol. The molecule has 27 heavy (non-hydrogen) atoms. The van der Waals surface area contributed by atoms with E-state index in [0.717, 1.165) is 34.6 Å². The molecule has 0 saturated heterocycles. The number of quaternary nitrogens is 1. The molecule has 3 rings (SSSR count). The van der Waals surface area contributed by atoms with Crippen molar-refractivity contribution < 1.29 is 19.2 Å². The van der Waals surface area contributed by atoms with Crippen molar-refractivity contribution in [2.75, 3.05) is 14.2 Å². The number of carbonyl (C=O) groups excluding carboxylic acids is 2. The average molecular weight is 368 g/mol. The zero-order valence-electron chi connectivity index (χ0n) is 15.7. The zero-order chi connectivity index (χ0) is 19.2. The molecule has 1 fully saturated rings. The van der Waals surface area contributed by atoms with Gasteiger partial charge in [-0.15, -0.1) is 0 Å². The number of imide groups is 1. The second-order valence-electron chi connectivity index (χ2n) is 6.79. The summed E-state index contributed by atoms with van der Waals surface area (Å²) < 4.78 is 5.23. The van der Waals surface area contributed by atoms with Crippen molar-refractivity contribution >= 4 is 11.9 Å². The molecule has 1 saturated carbocycles. The van der Waals surface area contributed by atoms with E-state index >= 15 is 0 Å². The smallest absolute Gasteiger partial charge is 0.321 e. The van der Waals surface area contributed by atoms with Crippen LogP contribution in [0.3, 0.4) is 0 Å². The highest BCUT2D eigenvalue weighted by Crippen LogP contribution is 2.21. The SMILES string of the molecule is CNC(=O)NC(=O)[C@@H](c1ccccc1)[NH+](Cc1ccc(OC)cc1)C1CC1. The number of amides is 3. The van der Waals surface area contributed by atoms with Gasteiger partial charge < -0.3 is 15.0 Å². The number of carbonyl (C=O) groups is 2. The maximum absolute atomic E-state index is 13.0. The average Bonchev–Trinajstić information content (AvgIpc) is 3.54. The minimum atomic E-state index is -0.486. The quantitative estimate of drug-likeness (QED) is 0.693. The van der Waals surface area contributed by atoms with Gasteiger partial charge in [-0.3, -0.25) is 10.1 Å². The number of ether oxygens (including phenoxy) is 1. The minimum absolute atomic E-state index is 0.282. The molecule has 142 valence electrons. The number of benzene rings is 2. The third kappa shape index (κ3) is 4.86. The summed E-state index contributed by atoms with van der Waals surface area (Å²) in [6, 6.07) is 17.1. The van der Waals surface area contributed by atoms with Gasteiger partial charge in [-0.2, -0.15) is 0 Å². The van der Waals surface area contributed by atoms with Crippen LogP contribution in [-0.4, -0.2) is 32.1 Å². The molecule has 1 aliphatic carbocycles. The molecular weight excluding hydrogens is 342 g/mol. The number of methoxy groups -OCH3 is 1. The van der Waals surface area contributed by atoms with E-state index in [1.165, 1.54) is 7.05 Å². The van der Waals surface area contributed by atoms with Crippen molar-refractivity contribution in [1.82, 2.24) is 10.6 Å². The fourth-order valence-corrected chi connectivity index (χ4v) is 3.34. The summed E-state index contributed by atoms with van der Waals surface area (Å²) >= 11 is 0. The maximum Gasteiger partial charge on any atom is 0.321 e. The molecule has 0 heterocycles. The van der Waals surface area contributed by atoms with E-state index in [-0.39, 0.29) is 5.91 Å². The summed E-state index contributed by atoms with van der Waals surface area (Å²) in [6.07, 6.45) is 2.17. The second kappa shape index (κ2) is 8.68. The Morgan fingerprint density at radius 3 is 2.33 bits per heavy atom. The highest BCUT2D eigenvalue weighted by Gasteiger charge is 2.42. The topological polar surface area (TPSA) is 71.9 Å². The molecule has 0 radical (unpaired) electrons. The number of nitrogens with one attached hydrogen (secondary N) is 3.